The quantitative estimate of drug-likeness (QED) is 0.332. The van der Waals surface area contributed by atoms with Gasteiger partial charge in [0.25, 0.3) is 5.91 Å². The molecule has 3 rings (SSSR count). The minimum atomic E-state index is -3.80. The Hall–Kier alpha value is -2.07. The lowest BCUT2D eigenvalue weighted by Crippen LogP contribution is -2.28. The fourth-order valence-corrected chi connectivity index (χ4v) is 4.87. The van der Waals surface area contributed by atoms with Gasteiger partial charge in [-0.1, -0.05) is 53.8 Å². The summed E-state index contributed by atoms with van der Waals surface area (Å²) in [7, 11) is -3.80. The molecule has 0 N–H and O–H groups in total. The number of halogens is 1. The molecule has 1 aliphatic heterocycles. The number of hydrogen-bond donors (Lipinski definition) is 0. The molecule has 0 radical (unpaired) electrons. The van der Waals surface area contributed by atoms with E-state index in [1.165, 1.54) is 22.7 Å². The summed E-state index contributed by atoms with van der Waals surface area (Å²) in [6, 6.07) is 10.6. The third-order valence-electron chi connectivity index (χ3n) is 4.01. The number of anilines is 1. The van der Waals surface area contributed by atoms with Crippen LogP contribution in [0.1, 0.15) is 18.1 Å². The van der Waals surface area contributed by atoms with Crippen molar-refractivity contribution >= 4 is 67.7 Å². The maximum atomic E-state index is 13.0. The third-order valence-corrected chi connectivity index (χ3v) is 6.07. The predicted molar refractivity (Wildman–Crippen MR) is 125 cm³/mol. The van der Waals surface area contributed by atoms with Crippen LogP contribution in [0, 0.1) is 6.92 Å². The lowest BCUT2D eigenvalue weighted by atomic mass is 10.1. The van der Waals surface area contributed by atoms with E-state index >= 15 is 0 Å². The zero-order valence-electron chi connectivity index (χ0n) is 16.3. The van der Waals surface area contributed by atoms with Crippen molar-refractivity contribution in [2.75, 3.05) is 17.8 Å². The number of hydrogen-bond acceptors (Lipinski definition) is 7. The lowest BCUT2D eigenvalue weighted by molar-refractivity contribution is -0.113. The Morgan fingerprint density at radius 1 is 1.27 bits per heavy atom. The van der Waals surface area contributed by atoms with E-state index in [4.69, 9.17) is 32.7 Å². The Bertz CT molecular complexity index is 1160. The Kier molecular flexibility index (Phi) is 6.76. The predicted octanol–water partition coefficient (Wildman–Crippen LogP) is 4.79. The van der Waals surface area contributed by atoms with Crippen molar-refractivity contribution in [3.05, 3.63) is 57.5 Å². The van der Waals surface area contributed by atoms with E-state index in [1.807, 2.05) is 31.2 Å². The number of carbonyl (C=O) groups is 1. The van der Waals surface area contributed by atoms with Gasteiger partial charge in [-0.3, -0.25) is 9.69 Å². The van der Waals surface area contributed by atoms with E-state index in [9.17, 15) is 13.2 Å². The Morgan fingerprint density at radius 3 is 2.60 bits per heavy atom. The first-order valence-corrected chi connectivity index (χ1v) is 12.2. The van der Waals surface area contributed by atoms with Crippen LogP contribution in [-0.4, -0.2) is 31.5 Å². The first-order chi connectivity index (χ1) is 14.1. The standard InChI is InChI=1S/C20H18ClNO5S3/c1-4-26-16-10-13(9-14(21)18(16)27-30(3,24)25)11-17-19(23)22(20(28)29-17)15-8-6-5-7-12(15)2/h5-11H,4H2,1-3H3. The highest BCUT2D eigenvalue weighted by atomic mass is 35.5. The maximum Gasteiger partial charge on any atom is 0.306 e. The number of thiocarbonyl (C=S) groups is 1. The third kappa shape index (κ3) is 4.97. The molecule has 1 amide bonds. The minimum Gasteiger partial charge on any atom is -0.490 e. The highest BCUT2D eigenvalue weighted by molar-refractivity contribution is 8.27. The number of aryl methyl sites for hydroxylation is 1. The molecule has 0 spiro atoms. The number of thioether (sulfide) groups is 1. The van der Waals surface area contributed by atoms with E-state index in [1.54, 1.807) is 19.1 Å². The molecule has 2 aromatic carbocycles. The molecule has 0 aliphatic carbocycles. The van der Waals surface area contributed by atoms with E-state index < -0.39 is 10.1 Å². The average molecular weight is 484 g/mol. The molecule has 0 unspecified atom stereocenters. The highest BCUT2D eigenvalue weighted by Crippen LogP contribution is 2.41. The van der Waals surface area contributed by atoms with Crippen molar-refractivity contribution in [1.29, 1.82) is 0 Å². The van der Waals surface area contributed by atoms with Crippen molar-refractivity contribution in [3.63, 3.8) is 0 Å². The van der Waals surface area contributed by atoms with Crippen molar-refractivity contribution in [1.82, 2.24) is 0 Å². The molecule has 0 bridgehead atoms. The normalized spacial score (nSPS) is 15.7. The van der Waals surface area contributed by atoms with Crippen LogP contribution in [-0.2, 0) is 14.9 Å². The van der Waals surface area contributed by atoms with Gasteiger partial charge in [0.1, 0.15) is 0 Å². The van der Waals surface area contributed by atoms with Gasteiger partial charge in [-0.25, -0.2) is 0 Å². The first kappa shape index (κ1) is 22.6. The van der Waals surface area contributed by atoms with E-state index in [2.05, 4.69) is 0 Å². The number of nitrogens with zero attached hydrogens (tertiary/aromatic N) is 1. The van der Waals surface area contributed by atoms with Gasteiger partial charge >= 0.3 is 10.1 Å². The van der Waals surface area contributed by atoms with Gasteiger partial charge in [0.2, 0.25) is 5.75 Å². The molecule has 2 aromatic rings. The van der Waals surface area contributed by atoms with Crippen molar-refractivity contribution in [2.24, 2.45) is 0 Å². The molecule has 0 saturated carbocycles. The van der Waals surface area contributed by atoms with Gasteiger partial charge in [0.05, 0.1) is 28.5 Å². The summed E-state index contributed by atoms with van der Waals surface area (Å²) in [5.41, 5.74) is 2.21. The summed E-state index contributed by atoms with van der Waals surface area (Å²) in [5, 5.41) is 0.0482. The number of carbonyl (C=O) groups excluding carboxylic acids is 1. The fraction of sp³-hybridized carbons (Fsp3) is 0.200. The van der Waals surface area contributed by atoms with Crippen LogP contribution in [0.15, 0.2) is 41.3 Å². The van der Waals surface area contributed by atoms with E-state index in [0.29, 0.717) is 14.8 Å². The highest BCUT2D eigenvalue weighted by Gasteiger charge is 2.34. The van der Waals surface area contributed by atoms with Gasteiger partial charge in [0.15, 0.2) is 10.1 Å². The molecule has 1 saturated heterocycles. The van der Waals surface area contributed by atoms with Gasteiger partial charge in [-0.15, -0.1) is 0 Å². The molecular weight excluding hydrogens is 466 g/mol. The smallest absolute Gasteiger partial charge is 0.306 e. The largest absolute Gasteiger partial charge is 0.490 e. The summed E-state index contributed by atoms with van der Waals surface area (Å²) in [4.78, 5) is 14.9. The van der Waals surface area contributed by atoms with Gasteiger partial charge < -0.3 is 8.92 Å². The second kappa shape index (κ2) is 8.97. The molecule has 30 heavy (non-hydrogen) atoms. The van der Waals surface area contributed by atoms with Gasteiger partial charge in [-0.2, -0.15) is 8.42 Å². The SMILES string of the molecule is CCOc1cc(C=C2SC(=S)N(c3ccccc3C)C2=O)cc(Cl)c1OS(C)(=O)=O. The molecule has 1 fully saturated rings. The molecule has 0 atom stereocenters. The van der Waals surface area contributed by atoms with Crippen LogP contribution in [0.4, 0.5) is 5.69 Å². The van der Waals surface area contributed by atoms with Crippen LogP contribution < -0.4 is 13.8 Å². The molecule has 1 heterocycles. The summed E-state index contributed by atoms with van der Waals surface area (Å²) in [5.74, 6) is -0.175. The van der Waals surface area contributed by atoms with Crippen LogP contribution in [0.25, 0.3) is 6.08 Å². The van der Waals surface area contributed by atoms with Crippen LogP contribution in [0.3, 0.4) is 0 Å². The Labute approximate surface area is 189 Å². The summed E-state index contributed by atoms with van der Waals surface area (Å²) in [6.07, 6.45) is 2.56. The zero-order valence-corrected chi connectivity index (χ0v) is 19.5. The second-order valence-corrected chi connectivity index (χ2v) is 10.0. The lowest BCUT2D eigenvalue weighted by Gasteiger charge is -2.16. The summed E-state index contributed by atoms with van der Waals surface area (Å²) in [6.45, 7) is 3.93. The summed E-state index contributed by atoms with van der Waals surface area (Å²) >= 11 is 12.8. The Morgan fingerprint density at radius 2 is 1.97 bits per heavy atom. The number of rotatable bonds is 6. The number of ether oxygens (including phenoxy) is 1. The average Bonchev–Trinajstić information content (AvgIpc) is 2.91. The van der Waals surface area contributed by atoms with Crippen LogP contribution in [0.5, 0.6) is 11.5 Å². The monoisotopic (exact) mass is 483 g/mol. The van der Waals surface area contributed by atoms with Crippen molar-refractivity contribution in [2.45, 2.75) is 13.8 Å². The second-order valence-electron chi connectivity index (χ2n) is 6.35. The molecule has 10 heteroatoms. The topological polar surface area (TPSA) is 72.9 Å². The van der Waals surface area contributed by atoms with E-state index in [-0.39, 0.29) is 29.0 Å². The van der Waals surface area contributed by atoms with Crippen molar-refractivity contribution < 1.29 is 22.1 Å². The number of amides is 1. The fourth-order valence-electron chi connectivity index (χ4n) is 2.81. The maximum absolute atomic E-state index is 13.0. The molecule has 6 nitrogen and oxygen atoms in total. The van der Waals surface area contributed by atoms with E-state index in [0.717, 1.165) is 17.5 Å². The number of benzene rings is 2. The Balaban J connectivity index is 2.00. The summed E-state index contributed by atoms with van der Waals surface area (Å²) < 4.78 is 33.9. The molecular formula is C20H18ClNO5S3. The van der Waals surface area contributed by atoms with Gasteiger partial charge in [0, 0.05) is 0 Å². The van der Waals surface area contributed by atoms with Crippen LogP contribution in [0.2, 0.25) is 5.02 Å². The van der Waals surface area contributed by atoms with Gasteiger partial charge in [-0.05, 0) is 49.2 Å². The molecule has 1 aliphatic rings. The first-order valence-electron chi connectivity index (χ1n) is 8.80. The molecule has 0 aromatic heterocycles. The molecule has 158 valence electrons. The minimum absolute atomic E-state index is 0.0482. The van der Waals surface area contributed by atoms with Crippen molar-refractivity contribution in [3.8, 4) is 11.5 Å². The zero-order chi connectivity index (χ0) is 22.1. The number of para-hydroxylation sites is 1. The van der Waals surface area contributed by atoms with Crippen LogP contribution >= 0.6 is 35.6 Å².